The minimum atomic E-state index is -0.494. The Hall–Kier alpha value is -3.47. The van der Waals surface area contributed by atoms with Gasteiger partial charge in [0.1, 0.15) is 6.04 Å². The molecule has 0 radical (unpaired) electrons. The van der Waals surface area contributed by atoms with Crippen LogP contribution in [-0.2, 0) is 15.1 Å². The Kier molecular flexibility index (Phi) is 5.96. The number of nitrogens with zero attached hydrogens (tertiary/aromatic N) is 5. The maximum Gasteiger partial charge on any atom is 0.309 e. The van der Waals surface area contributed by atoms with Gasteiger partial charge in [-0.25, -0.2) is 4.68 Å². The summed E-state index contributed by atoms with van der Waals surface area (Å²) in [6, 6.07) is 5.03. The summed E-state index contributed by atoms with van der Waals surface area (Å²) in [6.45, 7) is 9.59. The van der Waals surface area contributed by atoms with Crippen molar-refractivity contribution in [2.24, 2.45) is 5.92 Å². The van der Waals surface area contributed by atoms with Gasteiger partial charge in [0.15, 0.2) is 17.3 Å². The first-order valence-electron chi connectivity index (χ1n) is 11.9. The molecule has 11 nitrogen and oxygen atoms in total. The lowest BCUT2D eigenvalue weighted by molar-refractivity contribution is -0.149. The minimum Gasteiger partial charge on any atom is -0.466 e. The van der Waals surface area contributed by atoms with Gasteiger partial charge < -0.3 is 19.2 Å². The van der Waals surface area contributed by atoms with Crippen LogP contribution in [0.2, 0.25) is 0 Å². The van der Waals surface area contributed by atoms with Crippen LogP contribution in [-0.4, -0.2) is 62.5 Å². The number of likely N-dealkylation sites (tertiary alicyclic amines) is 1. The topological polar surface area (TPSA) is 124 Å². The second-order valence-electron chi connectivity index (χ2n) is 9.93. The summed E-state index contributed by atoms with van der Waals surface area (Å²) in [6.07, 6.45) is 1.27. The molecule has 1 saturated heterocycles. The number of aromatic amines is 1. The van der Waals surface area contributed by atoms with Crippen LogP contribution in [0.1, 0.15) is 58.0 Å². The van der Waals surface area contributed by atoms with Crippen LogP contribution in [0.4, 0.5) is 0 Å². The van der Waals surface area contributed by atoms with Crippen molar-refractivity contribution >= 4 is 16.9 Å². The predicted molar refractivity (Wildman–Crippen MR) is 126 cm³/mol. The highest BCUT2D eigenvalue weighted by molar-refractivity contribution is 5.83. The molecule has 1 N–H and O–H groups in total. The maximum absolute atomic E-state index is 13.4. The third kappa shape index (κ3) is 4.36. The molecule has 35 heavy (non-hydrogen) atoms. The molecule has 1 unspecified atom stereocenters. The molecule has 0 spiro atoms. The lowest BCUT2D eigenvalue weighted by Crippen LogP contribution is -2.43. The molecule has 0 amide bonds. The number of esters is 1. The van der Waals surface area contributed by atoms with Crippen molar-refractivity contribution in [3.63, 3.8) is 0 Å². The number of carbonyl (C=O) groups excluding carboxylic acids is 1. The minimum absolute atomic E-state index is 0.153. The van der Waals surface area contributed by atoms with Gasteiger partial charge in [-0.3, -0.25) is 14.5 Å². The smallest absolute Gasteiger partial charge is 0.309 e. The molecule has 2 aliphatic rings. The second kappa shape index (κ2) is 8.95. The quantitative estimate of drug-likeness (QED) is 0.546. The summed E-state index contributed by atoms with van der Waals surface area (Å²) in [5.74, 6) is 1.51. The first-order valence-corrected chi connectivity index (χ1v) is 11.9. The number of nitrogens with one attached hydrogen (secondary N) is 1. The SMILES string of the molecule is CCOC(=O)C1CCN(C(c2cc3cc4c(cc3[nH]c2=O)OCO4)c2nnnn2C(C)(C)C)CC1. The fraction of sp³-hybridized carbons (Fsp3) is 0.542. The third-order valence-corrected chi connectivity index (χ3v) is 6.55. The number of rotatable bonds is 5. The molecule has 186 valence electrons. The van der Waals surface area contributed by atoms with Crippen molar-refractivity contribution in [2.75, 3.05) is 26.5 Å². The third-order valence-electron chi connectivity index (χ3n) is 6.55. The Morgan fingerprint density at radius 3 is 2.60 bits per heavy atom. The van der Waals surface area contributed by atoms with Crippen LogP contribution < -0.4 is 15.0 Å². The predicted octanol–water partition coefficient (Wildman–Crippen LogP) is 2.36. The van der Waals surface area contributed by atoms with Gasteiger partial charge in [0, 0.05) is 30.1 Å². The van der Waals surface area contributed by atoms with Crippen LogP contribution in [0.15, 0.2) is 23.0 Å². The van der Waals surface area contributed by atoms with Crippen molar-refractivity contribution in [1.82, 2.24) is 30.1 Å². The van der Waals surface area contributed by atoms with Crippen molar-refractivity contribution < 1.29 is 19.0 Å². The Bertz CT molecular complexity index is 1300. The van der Waals surface area contributed by atoms with E-state index < -0.39 is 11.6 Å². The van der Waals surface area contributed by atoms with Gasteiger partial charge in [-0.15, -0.1) is 5.10 Å². The van der Waals surface area contributed by atoms with E-state index in [4.69, 9.17) is 14.2 Å². The lowest BCUT2D eigenvalue weighted by Gasteiger charge is -2.37. The molecule has 0 aliphatic carbocycles. The van der Waals surface area contributed by atoms with E-state index in [-0.39, 0.29) is 24.2 Å². The van der Waals surface area contributed by atoms with Gasteiger partial charge in [-0.2, -0.15) is 0 Å². The van der Waals surface area contributed by atoms with Crippen molar-refractivity contribution in [3.05, 3.63) is 39.9 Å². The van der Waals surface area contributed by atoms with Crippen LogP contribution in [0.25, 0.3) is 10.9 Å². The largest absolute Gasteiger partial charge is 0.466 e. The summed E-state index contributed by atoms with van der Waals surface area (Å²) in [5, 5.41) is 13.4. The molecule has 11 heteroatoms. The number of carbonyl (C=O) groups is 1. The highest BCUT2D eigenvalue weighted by Gasteiger charge is 2.36. The molecule has 1 atom stereocenters. The number of tetrazole rings is 1. The number of benzene rings is 1. The van der Waals surface area contributed by atoms with Gasteiger partial charge in [0.05, 0.1) is 23.6 Å². The van der Waals surface area contributed by atoms with Crippen molar-refractivity contribution in [1.29, 1.82) is 0 Å². The van der Waals surface area contributed by atoms with Gasteiger partial charge in [-0.05, 0) is 63.1 Å². The van der Waals surface area contributed by atoms with Crippen LogP contribution in [0.5, 0.6) is 11.5 Å². The fourth-order valence-electron chi connectivity index (χ4n) is 4.81. The number of ether oxygens (including phenoxy) is 3. The number of aromatic nitrogens is 5. The number of fused-ring (bicyclic) bond motifs is 2. The van der Waals surface area contributed by atoms with Gasteiger partial charge >= 0.3 is 5.97 Å². The summed E-state index contributed by atoms with van der Waals surface area (Å²) >= 11 is 0. The summed E-state index contributed by atoms with van der Waals surface area (Å²) in [4.78, 5) is 30.9. The molecule has 3 aromatic rings. The maximum atomic E-state index is 13.4. The summed E-state index contributed by atoms with van der Waals surface area (Å²) in [5.41, 5.74) is 0.581. The molecule has 0 saturated carbocycles. The normalized spacial score (nSPS) is 17.6. The van der Waals surface area contributed by atoms with Crippen LogP contribution in [0.3, 0.4) is 0 Å². The monoisotopic (exact) mass is 482 g/mol. The first kappa shape index (κ1) is 23.3. The van der Waals surface area contributed by atoms with E-state index in [1.807, 2.05) is 39.8 Å². The zero-order valence-corrected chi connectivity index (χ0v) is 20.4. The Labute approximate surface area is 202 Å². The van der Waals surface area contributed by atoms with E-state index >= 15 is 0 Å². The molecule has 2 aliphatic heterocycles. The fourth-order valence-corrected chi connectivity index (χ4v) is 4.81. The van der Waals surface area contributed by atoms with E-state index in [0.29, 0.717) is 60.9 Å². The molecule has 4 heterocycles. The molecule has 0 bridgehead atoms. The lowest BCUT2D eigenvalue weighted by atomic mass is 9.93. The van der Waals surface area contributed by atoms with Crippen molar-refractivity contribution in [2.45, 2.75) is 52.1 Å². The van der Waals surface area contributed by atoms with Gasteiger partial charge in [0.2, 0.25) is 6.79 Å². The molecule has 5 rings (SSSR count). The Morgan fingerprint density at radius 1 is 1.20 bits per heavy atom. The summed E-state index contributed by atoms with van der Waals surface area (Å²) < 4.78 is 18.0. The zero-order chi connectivity index (χ0) is 24.7. The average molecular weight is 483 g/mol. The van der Waals surface area contributed by atoms with E-state index in [9.17, 15) is 9.59 Å². The number of hydrogen-bond acceptors (Lipinski definition) is 9. The van der Waals surface area contributed by atoms with E-state index in [2.05, 4.69) is 25.4 Å². The number of H-pyrrole nitrogens is 1. The standard InChI is InChI=1S/C24H30N6O5/c1-5-33-23(32)14-6-8-29(9-7-14)20(21-26-27-28-30(21)24(2,3)4)16-10-15-11-18-19(35-13-34-18)12-17(15)25-22(16)31/h10-12,14,20H,5-9,13H2,1-4H3,(H,25,31). The number of pyridine rings is 1. The molecule has 1 fully saturated rings. The number of hydrogen-bond donors (Lipinski definition) is 1. The van der Waals surface area contributed by atoms with Gasteiger partial charge in [-0.1, -0.05) is 0 Å². The van der Waals surface area contributed by atoms with Crippen LogP contribution in [0, 0.1) is 5.92 Å². The average Bonchev–Trinajstić information content (AvgIpc) is 3.48. The Morgan fingerprint density at radius 2 is 1.91 bits per heavy atom. The molecular weight excluding hydrogens is 452 g/mol. The summed E-state index contributed by atoms with van der Waals surface area (Å²) in [7, 11) is 0. The highest BCUT2D eigenvalue weighted by Crippen LogP contribution is 2.37. The van der Waals surface area contributed by atoms with Crippen molar-refractivity contribution in [3.8, 4) is 11.5 Å². The highest BCUT2D eigenvalue weighted by atomic mass is 16.7. The van der Waals surface area contributed by atoms with E-state index in [1.165, 1.54) is 0 Å². The molecule has 1 aromatic carbocycles. The molecule has 2 aromatic heterocycles. The Balaban J connectivity index is 1.57. The zero-order valence-electron chi connectivity index (χ0n) is 20.4. The first-order chi connectivity index (χ1) is 16.8. The van der Waals surface area contributed by atoms with Gasteiger partial charge in [0.25, 0.3) is 5.56 Å². The number of piperidine rings is 1. The van der Waals surface area contributed by atoms with E-state index in [0.717, 1.165) is 5.39 Å². The molecular formula is C24H30N6O5. The second-order valence-corrected chi connectivity index (χ2v) is 9.93. The van der Waals surface area contributed by atoms with E-state index in [1.54, 1.807) is 10.7 Å². The van der Waals surface area contributed by atoms with Crippen LogP contribution >= 0.6 is 0 Å².